The maximum atomic E-state index is 11.8. The monoisotopic (exact) mass is 265 g/mol. The van der Waals surface area contributed by atoms with Crippen LogP contribution in [0.4, 0.5) is 0 Å². The first-order valence-electron chi connectivity index (χ1n) is 7.16. The van der Waals surface area contributed by atoms with E-state index in [1.165, 1.54) is 12.1 Å². The minimum absolute atomic E-state index is 0.157. The van der Waals surface area contributed by atoms with Crippen molar-refractivity contribution in [3.05, 3.63) is 23.9 Å². The Morgan fingerprint density at radius 1 is 1.47 bits per heavy atom. The van der Waals surface area contributed by atoms with Crippen molar-refractivity contribution in [2.45, 2.75) is 26.2 Å². The first kappa shape index (κ1) is 14.1. The van der Waals surface area contributed by atoms with Crippen molar-refractivity contribution in [1.29, 1.82) is 0 Å². The number of carbonyl (C=O) groups is 1. The van der Waals surface area contributed by atoms with E-state index in [-0.39, 0.29) is 5.97 Å². The lowest BCUT2D eigenvalue weighted by molar-refractivity contribution is -0.146. The summed E-state index contributed by atoms with van der Waals surface area (Å²) >= 11 is 0. The third-order valence-electron chi connectivity index (χ3n) is 3.60. The zero-order valence-electron chi connectivity index (χ0n) is 11.6. The molecule has 106 valence electrons. The van der Waals surface area contributed by atoms with E-state index < -0.39 is 0 Å². The van der Waals surface area contributed by atoms with Gasteiger partial charge in [-0.25, -0.2) is 0 Å². The van der Waals surface area contributed by atoms with Gasteiger partial charge in [-0.3, -0.25) is 4.79 Å². The predicted molar refractivity (Wildman–Crippen MR) is 73.6 cm³/mol. The summed E-state index contributed by atoms with van der Waals surface area (Å²) in [5, 5.41) is 0. The highest BCUT2D eigenvalue weighted by Gasteiger charge is 2.26. The summed E-state index contributed by atoms with van der Waals surface area (Å²) in [6, 6.07) is 0. The number of carbonyl (C=O) groups excluding carboxylic acids is 1. The largest absolute Gasteiger partial charge is 0.462 e. The molecule has 1 aliphatic heterocycles. The van der Waals surface area contributed by atoms with Gasteiger partial charge in [0.2, 0.25) is 0 Å². The Bertz CT molecular complexity index is 362. The lowest BCUT2D eigenvalue weighted by Crippen LogP contribution is -2.38. The molecule has 0 saturated carbocycles. The number of likely N-dealkylation sites (tertiary alicyclic amines) is 1. The standard InChI is InChI=1S/C15H23NO3/c1-2-18-10-11-19-15(17)12-16-9-5-7-13-6-3-4-8-14(13)16/h3-4,8,13H,2,5-7,9-12H2,1H3. The highest BCUT2D eigenvalue weighted by molar-refractivity contribution is 5.72. The molecule has 1 unspecified atom stereocenters. The first-order chi connectivity index (χ1) is 9.31. The van der Waals surface area contributed by atoms with Crippen molar-refractivity contribution in [1.82, 2.24) is 4.90 Å². The Morgan fingerprint density at radius 3 is 3.21 bits per heavy atom. The summed E-state index contributed by atoms with van der Waals surface area (Å²) in [5.41, 5.74) is 1.30. The van der Waals surface area contributed by atoms with E-state index in [4.69, 9.17) is 9.47 Å². The molecular weight excluding hydrogens is 242 g/mol. The molecule has 0 amide bonds. The number of hydrogen-bond donors (Lipinski definition) is 0. The van der Waals surface area contributed by atoms with E-state index in [1.807, 2.05) is 6.92 Å². The molecule has 0 spiro atoms. The molecule has 1 saturated heterocycles. The van der Waals surface area contributed by atoms with Gasteiger partial charge in [-0.1, -0.05) is 12.2 Å². The van der Waals surface area contributed by atoms with Gasteiger partial charge in [0.1, 0.15) is 13.2 Å². The number of piperidine rings is 1. The summed E-state index contributed by atoms with van der Waals surface area (Å²) in [4.78, 5) is 14.0. The number of allylic oxidation sites excluding steroid dienone is 4. The zero-order valence-corrected chi connectivity index (χ0v) is 11.6. The third-order valence-corrected chi connectivity index (χ3v) is 3.60. The molecule has 0 aromatic heterocycles. The molecule has 1 atom stereocenters. The maximum absolute atomic E-state index is 11.8. The Labute approximate surface area is 115 Å². The van der Waals surface area contributed by atoms with Crippen LogP contribution in [0.25, 0.3) is 0 Å². The molecule has 0 radical (unpaired) electrons. The molecule has 1 aliphatic carbocycles. The van der Waals surface area contributed by atoms with Crippen molar-refractivity contribution in [3.63, 3.8) is 0 Å². The first-order valence-corrected chi connectivity index (χ1v) is 7.16. The number of esters is 1. The number of hydrogen-bond acceptors (Lipinski definition) is 4. The minimum atomic E-state index is -0.157. The Balaban J connectivity index is 1.79. The second kappa shape index (κ2) is 7.34. The van der Waals surface area contributed by atoms with Crippen molar-refractivity contribution < 1.29 is 14.3 Å². The molecule has 2 aliphatic rings. The number of nitrogens with zero attached hydrogens (tertiary/aromatic N) is 1. The van der Waals surface area contributed by atoms with E-state index >= 15 is 0 Å². The predicted octanol–water partition coefficient (Wildman–Crippen LogP) is 2.12. The average molecular weight is 265 g/mol. The molecule has 0 aromatic carbocycles. The lowest BCUT2D eigenvalue weighted by Gasteiger charge is -2.37. The van der Waals surface area contributed by atoms with Gasteiger partial charge in [-0.05, 0) is 32.3 Å². The molecule has 0 N–H and O–H groups in total. The molecular formula is C15H23NO3. The van der Waals surface area contributed by atoms with Gasteiger partial charge >= 0.3 is 5.97 Å². The Morgan fingerprint density at radius 2 is 2.37 bits per heavy atom. The fourth-order valence-electron chi connectivity index (χ4n) is 2.68. The topological polar surface area (TPSA) is 38.8 Å². The molecule has 4 heteroatoms. The summed E-state index contributed by atoms with van der Waals surface area (Å²) in [5.74, 6) is 0.436. The van der Waals surface area contributed by atoms with E-state index in [1.54, 1.807) is 0 Å². The fourth-order valence-corrected chi connectivity index (χ4v) is 2.68. The highest BCUT2D eigenvalue weighted by Crippen LogP contribution is 2.32. The second-order valence-electron chi connectivity index (χ2n) is 4.93. The molecule has 1 heterocycles. The van der Waals surface area contributed by atoms with Crippen molar-refractivity contribution in [3.8, 4) is 0 Å². The van der Waals surface area contributed by atoms with Crippen LogP contribution in [0.15, 0.2) is 23.9 Å². The van der Waals surface area contributed by atoms with E-state index in [0.29, 0.717) is 32.3 Å². The number of fused-ring (bicyclic) bond motifs is 1. The fraction of sp³-hybridized carbons (Fsp3) is 0.667. The average Bonchev–Trinajstić information content (AvgIpc) is 2.44. The molecule has 2 rings (SSSR count). The molecule has 4 nitrogen and oxygen atoms in total. The smallest absolute Gasteiger partial charge is 0.325 e. The van der Waals surface area contributed by atoms with Crippen LogP contribution in [0.5, 0.6) is 0 Å². The van der Waals surface area contributed by atoms with Crippen molar-refractivity contribution in [2.75, 3.05) is 32.9 Å². The van der Waals surface area contributed by atoms with Crippen LogP contribution in [-0.2, 0) is 14.3 Å². The maximum Gasteiger partial charge on any atom is 0.325 e. The SMILES string of the molecule is CCOCCOC(=O)CN1CCCC2CC=CC=C21. The van der Waals surface area contributed by atoms with Crippen LogP contribution >= 0.6 is 0 Å². The number of ether oxygens (including phenoxy) is 2. The van der Waals surface area contributed by atoms with Crippen LogP contribution in [0.2, 0.25) is 0 Å². The van der Waals surface area contributed by atoms with Crippen LogP contribution in [-0.4, -0.2) is 43.8 Å². The van der Waals surface area contributed by atoms with Gasteiger partial charge in [-0.15, -0.1) is 0 Å². The zero-order chi connectivity index (χ0) is 13.5. The molecule has 1 fully saturated rings. The van der Waals surface area contributed by atoms with Gasteiger partial charge in [0.15, 0.2) is 0 Å². The van der Waals surface area contributed by atoms with Crippen molar-refractivity contribution in [2.24, 2.45) is 5.92 Å². The second-order valence-corrected chi connectivity index (χ2v) is 4.93. The van der Waals surface area contributed by atoms with Gasteiger partial charge in [0.05, 0.1) is 6.61 Å². The third kappa shape index (κ3) is 4.10. The van der Waals surface area contributed by atoms with E-state index in [0.717, 1.165) is 19.4 Å². The van der Waals surface area contributed by atoms with Crippen LogP contribution in [0.1, 0.15) is 26.2 Å². The van der Waals surface area contributed by atoms with E-state index in [2.05, 4.69) is 23.1 Å². The van der Waals surface area contributed by atoms with Crippen LogP contribution < -0.4 is 0 Å². The van der Waals surface area contributed by atoms with Crippen LogP contribution in [0.3, 0.4) is 0 Å². The van der Waals surface area contributed by atoms with Crippen molar-refractivity contribution >= 4 is 5.97 Å². The van der Waals surface area contributed by atoms with Crippen LogP contribution in [0, 0.1) is 5.92 Å². The number of rotatable bonds is 6. The van der Waals surface area contributed by atoms with Gasteiger partial charge in [0.25, 0.3) is 0 Å². The summed E-state index contributed by atoms with van der Waals surface area (Å²) in [6.07, 6.45) is 9.92. The van der Waals surface area contributed by atoms with Gasteiger partial charge in [0, 0.05) is 24.8 Å². The summed E-state index contributed by atoms with van der Waals surface area (Å²) in [6.45, 7) is 4.74. The Kier molecular flexibility index (Phi) is 5.45. The molecule has 0 bridgehead atoms. The molecule has 0 aromatic rings. The lowest BCUT2D eigenvalue weighted by atomic mass is 9.88. The Hall–Kier alpha value is -1.29. The van der Waals surface area contributed by atoms with Gasteiger partial charge < -0.3 is 14.4 Å². The highest BCUT2D eigenvalue weighted by atomic mass is 16.6. The quantitative estimate of drug-likeness (QED) is 0.545. The molecule has 19 heavy (non-hydrogen) atoms. The summed E-state index contributed by atoms with van der Waals surface area (Å²) < 4.78 is 10.3. The minimum Gasteiger partial charge on any atom is -0.462 e. The summed E-state index contributed by atoms with van der Waals surface area (Å²) in [7, 11) is 0. The van der Waals surface area contributed by atoms with E-state index in [9.17, 15) is 4.79 Å². The van der Waals surface area contributed by atoms with Gasteiger partial charge in [-0.2, -0.15) is 0 Å². The normalized spacial score (nSPS) is 21.8.